The van der Waals surface area contributed by atoms with Crippen molar-refractivity contribution in [3.63, 3.8) is 0 Å². The van der Waals surface area contributed by atoms with E-state index in [4.69, 9.17) is 11.6 Å². The van der Waals surface area contributed by atoms with E-state index in [-0.39, 0.29) is 27.8 Å². The van der Waals surface area contributed by atoms with Crippen molar-refractivity contribution in [1.29, 1.82) is 0 Å². The van der Waals surface area contributed by atoms with Crippen molar-refractivity contribution < 1.29 is 18.0 Å². The fourth-order valence-electron chi connectivity index (χ4n) is 2.93. The predicted octanol–water partition coefficient (Wildman–Crippen LogP) is 4.49. The Morgan fingerprint density at radius 3 is 2.59 bits per heavy atom. The Hall–Kier alpha value is -3.31. The van der Waals surface area contributed by atoms with Gasteiger partial charge in [-0.1, -0.05) is 53.7 Å². The molecule has 0 aliphatic rings. The van der Waals surface area contributed by atoms with Gasteiger partial charge in [0.2, 0.25) is 11.7 Å². The summed E-state index contributed by atoms with van der Waals surface area (Å²) >= 11 is 6.93. The molecule has 1 amide bonds. The van der Waals surface area contributed by atoms with Gasteiger partial charge in [-0.05, 0) is 23.8 Å². The number of hydrogen-bond donors (Lipinski definition) is 2. The van der Waals surface area contributed by atoms with E-state index < -0.39 is 17.6 Å². The van der Waals surface area contributed by atoms with Crippen LogP contribution in [0.2, 0.25) is 5.02 Å². The molecule has 2 heterocycles. The molecule has 0 atom stereocenters. The van der Waals surface area contributed by atoms with Gasteiger partial charge >= 0.3 is 6.18 Å². The second-order valence-electron chi connectivity index (χ2n) is 6.56. The third kappa shape index (κ3) is 4.63. The Morgan fingerprint density at radius 2 is 1.88 bits per heavy atom. The van der Waals surface area contributed by atoms with E-state index in [0.717, 1.165) is 35.5 Å². The molecule has 0 aliphatic carbocycles. The number of aromatic amines is 1. The van der Waals surface area contributed by atoms with Gasteiger partial charge in [0.25, 0.3) is 5.56 Å². The Morgan fingerprint density at radius 1 is 1.12 bits per heavy atom. The Kier molecular flexibility index (Phi) is 5.94. The van der Waals surface area contributed by atoms with Gasteiger partial charge in [0.05, 0.1) is 27.7 Å². The second kappa shape index (κ2) is 8.67. The SMILES string of the molecule is O=C(CSc1nnc2[nH]c(=O)cc(-c3ccccc3)n12)Nc1cc(C(F)(F)F)ccc1Cl. The molecule has 7 nitrogen and oxygen atoms in total. The molecule has 4 aromatic rings. The van der Waals surface area contributed by atoms with Crippen molar-refractivity contribution in [2.75, 3.05) is 11.1 Å². The number of fused-ring (bicyclic) bond motifs is 1. The molecule has 0 unspecified atom stereocenters. The predicted molar refractivity (Wildman–Crippen MR) is 115 cm³/mol. The lowest BCUT2D eigenvalue weighted by Gasteiger charge is -2.11. The van der Waals surface area contributed by atoms with E-state index in [9.17, 15) is 22.8 Å². The number of nitrogens with zero attached hydrogens (tertiary/aromatic N) is 3. The summed E-state index contributed by atoms with van der Waals surface area (Å²) in [6.45, 7) is 0. The van der Waals surface area contributed by atoms with Crippen LogP contribution < -0.4 is 10.9 Å². The highest BCUT2D eigenvalue weighted by atomic mass is 35.5. The molecule has 0 spiro atoms. The topological polar surface area (TPSA) is 92.2 Å². The summed E-state index contributed by atoms with van der Waals surface area (Å²) in [7, 11) is 0. The number of H-pyrrole nitrogens is 1. The third-order valence-corrected chi connectivity index (χ3v) is 5.61. The van der Waals surface area contributed by atoms with Gasteiger partial charge in [0.15, 0.2) is 5.16 Å². The van der Waals surface area contributed by atoms with Gasteiger partial charge in [0.1, 0.15) is 0 Å². The van der Waals surface area contributed by atoms with Crippen molar-refractivity contribution >= 4 is 40.7 Å². The van der Waals surface area contributed by atoms with E-state index in [2.05, 4.69) is 20.5 Å². The van der Waals surface area contributed by atoms with Gasteiger partial charge in [-0.3, -0.25) is 19.0 Å². The molecule has 32 heavy (non-hydrogen) atoms. The highest BCUT2D eigenvalue weighted by Crippen LogP contribution is 2.34. The normalized spacial score (nSPS) is 11.6. The summed E-state index contributed by atoms with van der Waals surface area (Å²) in [5, 5.41) is 10.6. The third-order valence-electron chi connectivity index (χ3n) is 4.35. The number of carbonyl (C=O) groups excluding carboxylic acids is 1. The van der Waals surface area contributed by atoms with Crippen LogP contribution in [0, 0.1) is 0 Å². The van der Waals surface area contributed by atoms with Gasteiger partial charge in [-0.15, -0.1) is 10.2 Å². The number of anilines is 1. The van der Waals surface area contributed by atoms with Crippen LogP contribution in [0.5, 0.6) is 0 Å². The summed E-state index contributed by atoms with van der Waals surface area (Å²) < 4.78 is 40.4. The first kappa shape index (κ1) is 21.9. The second-order valence-corrected chi connectivity index (χ2v) is 7.91. The number of benzene rings is 2. The molecule has 0 aliphatic heterocycles. The number of halogens is 4. The molecule has 2 aromatic carbocycles. The zero-order valence-electron chi connectivity index (χ0n) is 16.0. The number of aromatic nitrogens is 4. The maximum Gasteiger partial charge on any atom is 0.416 e. The number of nitrogens with one attached hydrogen (secondary N) is 2. The summed E-state index contributed by atoms with van der Waals surface area (Å²) in [4.78, 5) is 26.9. The lowest BCUT2D eigenvalue weighted by Crippen LogP contribution is -2.16. The van der Waals surface area contributed by atoms with Crippen molar-refractivity contribution in [2.24, 2.45) is 0 Å². The van der Waals surface area contributed by atoms with Crippen molar-refractivity contribution in [1.82, 2.24) is 19.6 Å². The standard InChI is InChI=1S/C20H13ClF3N5O2S/c21-13-7-6-12(20(22,23)24)8-14(13)25-17(31)10-32-19-28-27-18-26-16(30)9-15(29(18)19)11-4-2-1-3-5-11/h1-9H,10H2,(H,25,31)(H,26,27,30). The minimum atomic E-state index is -4.57. The van der Waals surface area contributed by atoms with Crippen LogP contribution in [0.4, 0.5) is 18.9 Å². The number of thioether (sulfide) groups is 1. The zero-order valence-corrected chi connectivity index (χ0v) is 17.6. The highest BCUT2D eigenvalue weighted by molar-refractivity contribution is 7.99. The maximum atomic E-state index is 12.9. The quantitative estimate of drug-likeness (QED) is 0.411. The van der Waals surface area contributed by atoms with Crippen molar-refractivity contribution in [3.05, 3.63) is 75.5 Å². The molecule has 12 heteroatoms. The summed E-state index contributed by atoms with van der Waals surface area (Å²) in [6, 6.07) is 13.1. The molecule has 0 saturated carbocycles. The lowest BCUT2D eigenvalue weighted by atomic mass is 10.1. The van der Waals surface area contributed by atoms with Crippen LogP contribution in [-0.2, 0) is 11.0 Å². The van der Waals surface area contributed by atoms with E-state index in [0.29, 0.717) is 10.9 Å². The molecule has 0 saturated heterocycles. The number of hydrogen-bond acceptors (Lipinski definition) is 5. The smallest absolute Gasteiger partial charge is 0.324 e. The number of amides is 1. The Balaban J connectivity index is 1.57. The molecule has 164 valence electrons. The van der Waals surface area contributed by atoms with Gasteiger partial charge < -0.3 is 5.32 Å². The Bertz CT molecular complexity index is 1360. The van der Waals surface area contributed by atoms with E-state index in [1.165, 1.54) is 6.07 Å². The molecule has 0 bridgehead atoms. The molecular formula is C20H13ClF3N5O2S. The van der Waals surface area contributed by atoms with Crippen LogP contribution in [0.3, 0.4) is 0 Å². The Labute approximate surface area is 187 Å². The lowest BCUT2D eigenvalue weighted by molar-refractivity contribution is -0.137. The van der Waals surface area contributed by atoms with Crippen LogP contribution >= 0.6 is 23.4 Å². The van der Waals surface area contributed by atoms with Crippen LogP contribution in [0.1, 0.15) is 5.56 Å². The minimum absolute atomic E-state index is 0.0202. The zero-order chi connectivity index (χ0) is 22.9. The van der Waals surface area contributed by atoms with Crippen LogP contribution in [0.15, 0.2) is 64.5 Å². The first-order valence-electron chi connectivity index (χ1n) is 9.05. The maximum absolute atomic E-state index is 12.9. The molecule has 2 aromatic heterocycles. The number of rotatable bonds is 5. The number of alkyl halides is 3. The van der Waals surface area contributed by atoms with Crippen molar-refractivity contribution in [2.45, 2.75) is 11.3 Å². The largest absolute Gasteiger partial charge is 0.416 e. The van der Waals surface area contributed by atoms with Gasteiger partial charge in [0, 0.05) is 6.07 Å². The monoisotopic (exact) mass is 479 g/mol. The van der Waals surface area contributed by atoms with E-state index in [1.807, 2.05) is 30.3 Å². The molecule has 0 fully saturated rings. The van der Waals surface area contributed by atoms with Gasteiger partial charge in [-0.2, -0.15) is 13.2 Å². The van der Waals surface area contributed by atoms with Crippen molar-refractivity contribution in [3.8, 4) is 11.3 Å². The van der Waals surface area contributed by atoms with Gasteiger partial charge in [-0.25, -0.2) is 0 Å². The van der Waals surface area contributed by atoms with E-state index >= 15 is 0 Å². The number of carbonyl (C=O) groups is 1. The molecule has 0 radical (unpaired) electrons. The summed E-state index contributed by atoms with van der Waals surface area (Å²) in [5.41, 5.74) is -0.168. The molecule has 4 rings (SSSR count). The van der Waals surface area contributed by atoms with Crippen LogP contribution in [0.25, 0.3) is 17.0 Å². The van der Waals surface area contributed by atoms with Crippen LogP contribution in [-0.4, -0.2) is 31.2 Å². The van der Waals surface area contributed by atoms with E-state index in [1.54, 1.807) is 4.40 Å². The fourth-order valence-corrected chi connectivity index (χ4v) is 3.84. The average molecular weight is 480 g/mol. The minimum Gasteiger partial charge on any atom is -0.324 e. The average Bonchev–Trinajstić information content (AvgIpc) is 3.15. The molecule has 2 N–H and O–H groups in total. The summed E-state index contributed by atoms with van der Waals surface area (Å²) in [5.74, 6) is -0.570. The highest BCUT2D eigenvalue weighted by Gasteiger charge is 2.31. The molecular weight excluding hydrogens is 467 g/mol. The summed E-state index contributed by atoms with van der Waals surface area (Å²) in [6.07, 6.45) is -4.57. The first-order valence-corrected chi connectivity index (χ1v) is 10.4. The fraction of sp³-hybridized carbons (Fsp3) is 0.100. The first-order chi connectivity index (χ1) is 15.2.